The first kappa shape index (κ1) is 8.45. The molecule has 0 amide bonds. The van der Waals surface area contributed by atoms with Crippen LogP contribution in [0.3, 0.4) is 0 Å². The van der Waals surface area contributed by atoms with Crippen LogP contribution in [0.1, 0.15) is 0 Å². The van der Waals surface area contributed by atoms with E-state index < -0.39 is 0 Å². The molecule has 0 aliphatic rings. The smallest absolute Gasteiger partial charge is 0.137 e. The Kier molecular flexibility index (Phi) is 3.01. The number of rotatable bonds is 0. The predicted molar refractivity (Wildman–Crippen MR) is 44.2 cm³/mol. The summed E-state index contributed by atoms with van der Waals surface area (Å²) in [6.07, 6.45) is 6.78. The van der Waals surface area contributed by atoms with E-state index in [9.17, 15) is 0 Å². The van der Waals surface area contributed by atoms with Crippen molar-refractivity contribution < 1.29 is 0 Å². The molecule has 0 aromatic carbocycles. The van der Waals surface area contributed by atoms with E-state index in [1.807, 2.05) is 26.4 Å². The molecule has 0 fully saturated rings. The molecule has 0 N–H and O–H groups in total. The average molecular weight is 165 g/mol. The van der Waals surface area contributed by atoms with Crippen LogP contribution in [0.5, 0.6) is 0 Å². The van der Waals surface area contributed by atoms with Crippen molar-refractivity contribution in [1.29, 1.82) is 0 Å². The van der Waals surface area contributed by atoms with Gasteiger partial charge in [-0.3, -0.25) is 9.36 Å². The molecule has 2 heterocycles. The predicted octanol–water partition coefficient (Wildman–Crippen LogP) is 0.235. The molecule has 2 aromatic heterocycles. The Morgan fingerprint density at radius 3 is 2.08 bits per heavy atom. The third-order valence-corrected chi connectivity index (χ3v) is 1.17. The minimum atomic E-state index is 1.50. The summed E-state index contributed by atoms with van der Waals surface area (Å²) >= 11 is 0. The van der Waals surface area contributed by atoms with Crippen molar-refractivity contribution >= 4 is 0 Å². The van der Waals surface area contributed by atoms with Gasteiger partial charge in [0.2, 0.25) is 0 Å². The Morgan fingerprint density at radius 2 is 1.92 bits per heavy atom. The molecule has 0 atom stereocenters. The lowest BCUT2D eigenvalue weighted by atomic mass is 10.8. The number of hydrogen-bond acceptors (Lipinski definition) is 3. The normalized spacial score (nSPS) is 8.83. The van der Waals surface area contributed by atoms with E-state index >= 15 is 0 Å². The number of nitrogens with zero attached hydrogens (tertiary/aromatic N) is 5. The molecule has 64 valence electrons. The lowest BCUT2D eigenvalue weighted by Crippen LogP contribution is -1.83. The van der Waals surface area contributed by atoms with Gasteiger partial charge in [-0.05, 0) is 6.07 Å². The maximum atomic E-state index is 3.83. The fourth-order valence-electron chi connectivity index (χ4n) is 0.613. The van der Waals surface area contributed by atoms with Gasteiger partial charge < -0.3 is 0 Å². The maximum absolute atomic E-state index is 3.83. The Bertz CT molecular complexity index is 251. The summed E-state index contributed by atoms with van der Waals surface area (Å²) in [5.41, 5.74) is 0. The highest BCUT2D eigenvalue weighted by atomic mass is 15.3. The first-order chi connectivity index (χ1) is 5.79. The molecule has 5 nitrogen and oxygen atoms in total. The fourth-order valence-corrected chi connectivity index (χ4v) is 0.613. The van der Waals surface area contributed by atoms with Crippen molar-refractivity contribution in [3.63, 3.8) is 0 Å². The number of hydrogen-bond donors (Lipinski definition) is 0. The molecule has 0 bridgehead atoms. The lowest BCUT2D eigenvalue weighted by molar-refractivity contribution is 0.765. The van der Waals surface area contributed by atoms with Crippen molar-refractivity contribution in [2.75, 3.05) is 0 Å². The SMILES string of the molecule is Cn1cccn1.Cn1cncn1. The first-order valence-electron chi connectivity index (χ1n) is 3.51. The van der Waals surface area contributed by atoms with E-state index in [0.29, 0.717) is 0 Å². The van der Waals surface area contributed by atoms with Crippen LogP contribution in [0.15, 0.2) is 31.1 Å². The van der Waals surface area contributed by atoms with Gasteiger partial charge in [-0.25, -0.2) is 4.98 Å². The van der Waals surface area contributed by atoms with E-state index in [0.717, 1.165) is 0 Å². The Labute approximate surface area is 70.7 Å². The van der Waals surface area contributed by atoms with Crippen LogP contribution >= 0.6 is 0 Å². The standard InChI is InChI=1S/C4H6N2.C3H5N3/c1-6-4-2-3-5-6;1-6-3-4-2-5-6/h2-4H,1H3;2-3H,1H3. The van der Waals surface area contributed by atoms with Gasteiger partial charge in [-0.15, -0.1) is 0 Å². The quantitative estimate of drug-likeness (QED) is 0.561. The monoisotopic (exact) mass is 165 g/mol. The summed E-state index contributed by atoms with van der Waals surface area (Å²) in [6.45, 7) is 0. The zero-order valence-corrected chi connectivity index (χ0v) is 7.12. The molecule has 0 saturated carbocycles. The van der Waals surface area contributed by atoms with E-state index in [1.54, 1.807) is 21.9 Å². The fraction of sp³-hybridized carbons (Fsp3) is 0.286. The number of aromatic nitrogens is 5. The summed E-state index contributed by atoms with van der Waals surface area (Å²) in [4.78, 5) is 3.67. The Hall–Kier alpha value is -1.65. The van der Waals surface area contributed by atoms with Gasteiger partial charge in [0.25, 0.3) is 0 Å². The minimum absolute atomic E-state index is 1.50. The van der Waals surface area contributed by atoms with Gasteiger partial charge in [0, 0.05) is 26.5 Å². The van der Waals surface area contributed by atoms with Crippen molar-refractivity contribution in [3.05, 3.63) is 31.1 Å². The van der Waals surface area contributed by atoms with Crippen molar-refractivity contribution in [2.24, 2.45) is 14.1 Å². The van der Waals surface area contributed by atoms with Gasteiger partial charge in [0.05, 0.1) is 0 Å². The Balaban J connectivity index is 0.000000120. The molecule has 0 spiro atoms. The minimum Gasteiger partial charge on any atom is -0.276 e. The van der Waals surface area contributed by atoms with E-state index in [4.69, 9.17) is 0 Å². The van der Waals surface area contributed by atoms with Crippen LogP contribution in [0.4, 0.5) is 0 Å². The number of aryl methyl sites for hydroxylation is 2. The molecule has 0 aliphatic carbocycles. The van der Waals surface area contributed by atoms with Crippen LogP contribution in [-0.4, -0.2) is 24.5 Å². The molecule has 2 rings (SSSR count). The zero-order chi connectivity index (χ0) is 8.81. The molecule has 12 heavy (non-hydrogen) atoms. The molecule has 5 heteroatoms. The van der Waals surface area contributed by atoms with Gasteiger partial charge in [-0.1, -0.05) is 0 Å². The molecule has 0 unspecified atom stereocenters. The molecular formula is C7H11N5. The highest BCUT2D eigenvalue weighted by Crippen LogP contribution is 1.73. The van der Waals surface area contributed by atoms with E-state index in [1.165, 1.54) is 6.33 Å². The Morgan fingerprint density at radius 1 is 1.08 bits per heavy atom. The summed E-state index contributed by atoms with van der Waals surface area (Å²) in [7, 11) is 3.72. The summed E-state index contributed by atoms with van der Waals surface area (Å²) in [6, 6.07) is 1.89. The van der Waals surface area contributed by atoms with Gasteiger partial charge in [-0.2, -0.15) is 10.2 Å². The summed E-state index contributed by atoms with van der Waals surface area (Å²) in [5.74, 6) is 0. The topological polar surface area (TPSA) is 48.5 Å². The molecular weight excluding hydrogens is 154 g/mol. The van der Waals surface area contributed by atoms with Crippen LogP contribution in [-0.2, 0) is 14.1 Å². The van der Waals surface area contributed by atoms with Crippen LogP contribution in [0.25, 0.3) is 0 Å². The second-order valence-electron chi connectivity index (χ2n) is 2.25. The second-order valence-corrected chi connectivity index (χ2v) is 2.25. The zero-order valence-electron chi connectivity index (χ0n) is 7.12. The van der Waals surface area contributed by atoms with Crippen LogP contribution < -0.4 is 0 Å². The molecule has 0 radical (unpaired) electrons. The second kappa shape index (κ2) is 4.27. The van der Waals surface area contributed by atoms with Gasteiger partial charge in [0.15, 0.2) is 0 Å². The lowest BCUT2D eigenvalue weighted by Gasteiger charge is -1.77. The van der Waals surface area contributed by atoms with Gasteiger partial charge in [0.1, 0.15) is 12.7 Å². The third kappa shape index (κ3) is 2.96. The van der Waals surface area contributed by atoms with Crippen molar-refractivity contribution in [2.45, 2.75) is 0 Å². The van der Waals surface area contributed by atoms with Crippen LogP contribution in [0.2, 0.25) is 0 Å². The van der Waals surface area contributed by atoms with Gasteiger partial charge >= 0.3 is 0 Å². The third-order valence-electron chi connectivity index (χ3n) is 1.17. The average Bonchev–Trinajstić information content (AvgIpc) is 2.63. The van der Waals surface area contributed by atoms with Crippen molar-refractivity contribution in [1.82, 2.24) is 24.5 Å². The largest absolute Gasteiger partial charge is 0.276 e. The maximum Gasteiger partial charge on any atom is 0.137 e. The molecule has 2 aromatic rings. The highest BCUT2D eigenvalue weighted by Gasteiger charge is 1.70. The van der Waals surface area contributed by atoms with E-state index in [2.05, 4.69) is 15.2 Å². The highest BCUT2D eigenvalue weighted by molar-refractivity contribution is 4.75. The van der Waals surface area contributed by atoms with Crippen LogP contribution in [0, 0.1) is 0 Å². The summed E-state index contributed by atoms with van der Waals surface area (Å²) in [5, 5.41) is 7.56. The summed E-state index contributed by atoms with van der Waals surface area (Å²) < 4.78 is 3.39. The molecule has 0 saturated heterocycles. The first-order valence-corrected chi connectivity index (χ1v) is 3.51. The van der Waals surface area contributed by atoms with Crippen molar-refractivity contribution in [3.8, 4) is 0 Å². The molecule has 0 aliphatic heterocycles. The van der Waals surface area contributed by atoms with E-state index in [-0.39, 0.29) is 0 Å².